The van der Waals surface area contributed by atoms with E-state index in [-0.39, 0.29) is 12.5 Å². The second-order valence-corrected chi connectivity index (χ2v) is 7.77. The first-order valence-corrected chi connectivity index (χ1v) is 9.96. The summed E-state index contributed by atoms with van der Waals surface area (Å²) >= 11 is 0. The molecule has 1 unspecified atom stereocenters. The molecule has 0 aromatic heterocycles. The molecule has 0 spiro atoms. The fourth-order valence-electron chi connectivity index (χ4n) is 3.57. The summed E-state index contributed by atoms with van der Waals surface area (Å²) in [6.07, 6.45) is 0. The molecule has 0 saturated heterocycles. The van der Waals surface area contributed by atoms with Crippen LogP contribution >= 0.6 is 0 Å². The number of methoxy groups -OCH3 is 1. The van der Waals surface area contributed by atoms with Crippen LogP contribution in [0, 0.1) is 5.92 Å². The molecule has 0 radical (unpaired) electrons. The van der Waals surface area contributed by atoms with Gasteiger partial charge in [0, 0.05) is 24.8 Å². The lowest BCUT2D eigenvalue weighted by atomic mass is 10.1. The van der Waals surface area contributed by atoms with E-state index < -0.39 is 5.97 Å². The molecule has 0 aliphatic carbocycles. The molecule has 2 aromatic rings. The molecule has 2 N–H and O–H groups in total. The van der Waals surface area contributed by atoms with Gasteiger partial charge in [-0.2, -0.15) is 0 Å². The molecule has 1 aliphatic heterocycles. The highest BCUT2D eigenvalue weighted by atomic mass is 16.5. The van der Waals surface area contributed by atoms with E-state index in [0.717, 1.165) is 18.8 Å². The van der Waals surface area contributed by atoms with Crippen molar-refractivity contribution in [2.75, 3.05) is 24.3 Å². The van der Waals surface area contributed by atoms with Crippen molar-refractivity contribution in [2.45, 2.75) is 39.9 Å². The Morgan fingerprint density at radius 2 is 1.76 bits per heavy atom. The Hall–Kier alpha value is -2.86. The van der Waals surface area contributed by atoms with Crippen molar-refractivity contribution in [1.29, 1.82) is 0 Å². The van der Waals surface area contributed by atoms with Gasteiger partial charge in [-0.15, -0.1) is 0 Å². The van der Waals surface area contributed by atoms with Crippen molar-refractivity contribution in [3.63, 3.8) is 0 Å². The van der Waals surface area contributed by atoms with Crippen LogP contribution in [-0.4, -0.2) is 36.5 Å². The number of hydrogen-bond acceptors (Lipinski definition) is 5. The Bertz CT molecular complexity index is 895. The van der Waals surface area contributed by atoms with E-state index in [4.69, 9.17) is 4.74 Å². The molecule has 0 fully saturated rings. The molecular formula is C23H29N3O3. The van der Waals surface area contributed by atoms with E-state index in [9.17, 15) is 9.59 Å². The Balaban J connectivity index is 1.65. The normalized spacial score (nSPS) is 14.4. The average molecular weight is 396 g/mol. The van der Waals surface area contributed by atoms with Gasteiger partial charge in [0.25, 0.3) is 0 Å². The zero-order chi connectivity index (χ0) is 21.0. The molecule has 0 bridgehead atoms. The first kappa shape index (κ1) is 20.9. The number of anilines is 2. The third-order valence-electron chi connectivity index (χ3n) is 5.59. The SMILES string of the molecule is COC(=O)c1ccccc1NC(=O)CNc1cccc2c1CN(C(C)C(C)C)C2. The van der Waals surface area contributed by atoms with E-state index in [1.54, 1.807) is 24.3 Å². The third-order valence-corrected chi connectivity index (χ3v) is 5.59. The monoisotopic (exact) mass is 395 g/mol. The number of nitrogens with one attached hydrogen (secondary N) is 2. The van der Waals surface area contributed by atoms with E-state index in [1.807, 2.05) is 12.1 Å². The number of carbonyl (C=O) groups is 2. The second kappa shape index (κ2) is 9.09. The highest BCUT2D eigenvalue weighted by Gasteiger charge is 2.26. The van der Waals surface area contributed by atoms with Crippen LogP contribution in [0.1, 0.15) is 42.3 Å². The minimum Gasteiger partial charge on any atom is -0.465 e. The zero-order valence-electron chi connectivity index (χ0n) is 17.5. The summed E-state index contributed by atoms with van der Waals surface area (Å²) in [5.41, 5.74) is 4.32. The number of hydrogen-bond donors (Lipinski definition) is 2. The summed E-state index contributed by atoms with van der Waals surface area (Å²) in [5.74, 6) is -0.111. The molecule has 3 rings (SSSR count). The Kier molecular flexibility index (Phi) is 6.54. The van der Waals surface area contributed by atoms with Gasteiger partial charge in [-0.1, -0.05) is 38.1 Å². The summed E-state index contributed by atoms with van der Waals surface area (Å²) < 4.78 is 4.77. The molecule has 1 aliphatic rings. The van der Waals surface area contributed by atoms with Crippen LogP contribution < -0.4 is 10.6 Å². The Morgan fingerprint density at radius 1 is 1.03 bits per heavy atom. The third kappa shape index (κ3) is 4.77. The fraction of sp³-hybridized carbons (Fsp3) is 0.391. The largest absolute Gasteiger partial charge is 0.465 e. The average Bonchev–Trinajstić information content (AvgIpc) is 3.16. The quantitative estimate of drug-likeness (QED) is 0.696. The maximum atomic E-state index is 12.5. The number of nitrogens with zero attached hydrogens (tertiary/aromatic N) is 1. The first-order chi connectivity index (χ1) is 13.9. The van der Waals surface area contributed by atoms with Crippen LogP contribution in [0.3, 0.4) is 0 Å². The highest BCUT2D eigenvalue weighted by molar-refractivity contribution is 6.02. The minimum atomic E-state index is -0.478. The lowest BCUT2D eigenvalue weighted by molar-refractivity contribution is -0.114. The van der Waals surface area contributed by atoms with Crippen molar-refractivity contribution in [1.82, 2.24) is 4.90 Å². The van der Waals surface area contributed by atoms with Crippen LogP contribution in [0.2, 0.25) is 0 Å². The van der Waals surface area contributed by atoms with Crippen LogP contribution in [-0.2, 0) is 22.6 Å². The van der Waals surface area contributed by atoms with Crippen molar-refractivity contribution in [3.8, 4) is 0 Å². The van der Waals surface area contributed by atoms with E-state index in [0.29, 0.717) is 23.2 Å². The van der Waals surface area contributed by atoms with Gasteiger partial charge in [0.2, 0.25) is 5.91 Å². The summed E-state index contributed by atoms with van der Waals surface area (Å²) in [7, 11) is 1.32. The van der Waals surface area contributed by atoms with Gasteiger partial charge in [-0.3, -0.25) is 9.69 Å². The number of ether oxygens (including phenoxy) is 1. The number of para-hydroxylation sites is 1. The van der Waals surface area contributed by atoms with Gasteiger partial charge in [-0.25, -0.2) is 4.79 Å². The van der Waals surface area contributed by atoms with Crippen LogP contribution in [0.5, 0.6) is 0 Å². The molecule has 1 atom stereocenters. The number of benzene rings is 2. The van der Waals surface area contributed by atoms with Crippen LogP contribution in [0.15, 0.2) is 42.5 Å². The number of carbonyl (C=O) groups excluding carboxylic acids is 2. The lowest BCUT2D eigenvalue weighted by Crippen LogP contribution is -2.32. The minimum absolute atomic E-state index is 0.117. The Morgan fingerprint density at radius 3 is 2.48 bits per heavy atom. The van der Waals surface area contributed by atoms with Gasteiger partial charge in [0.05, 0.1) is 24.9 Å². The summed E-state index contributed by atoms with van der Waals surface area (Å²) in [6.45, 7) is 8.67. The summed E-state index contributed by atoms with van der Waals surface area (Å²) in [4.78, 5) is 26.8. The molecule has 2 aromatic carbocycles. The first-order valence-electron chi connectivity index (χ1n) is 9.96. The van der Waals surface area contributed by atoms with Gasteiger partial charge >= 0.3 is 5.97 Å². The van der Waals surface area contributed by atoms with Crippen LogP contribution in [0.25, 0.3) is 0 Å². The zero-order valence-corrected chi connectivity index (χ0v) is 17.5. The maximum absolute atomic E-state index is 12.5. The molecule has 154 valence electrons. The highest BCUT2D eigenvalue weighted by Crippen LogP contribution is 2.31. The predicted molar refractivity (Wildman–Crippen MR) is 115 cm³/mol. The molecule has 1 amide bonds. The standard InChI is InChI=1S/C23H29N3O3/c1-15(2)16(3)26-13-17-8-7-11-20(19(17)14-26)24-12-22(27)25-21-10-6-5-9-18(21)23(28)29-4/h5-11,15-16,24H,12-14H2,1-4H3,(H,25,27). The molecule has 0 saturated carbocycles. The molecule has 29 heavy (non-hydrogen) atoms. The van der Waals surface area contributed by atoms with E-state index in [2.05, 4.69) is 42.4 Å². The van der Waals surface area contributed by atoms with Gasteiger partial charge in [0.15, 0.2) is 0 Å². The number of esters is 1. The van der Waals surface area contributed by atoms with Crippen LogP contribution in [0.4, 0.5) is 11.4 Å². The smallest absolute Gasteiger partial charge is 0.339 e. The van der Waals surface area contributed by atoms with Gasteiger partial charge in [-0.05, 0) is 42.2 Å². The van der Waals surface area contributed by atoms with Crippen molar-refractivity contribution < 1.29 is 14.3 Å². The topological polar surface area (TPSA) is 70.7 Å². The second-order valence-electron chi connectivity index (χ2n) is 7.77. The fourth-order valence-corrected chi connectivity index (χ4v) is 3.57. The molecule has 6 heteroatoms. The van der Waals surface area contributed by atoms with E-state index in [1.165, 1.54) is 18.2 Å². The van der Waals surface area contributed by atoms with Crippen molar-refractivity contribution >= 4 is 23.3 Å². The van der Waals surface area contributed by atoms with Crippen molar-refractivity contribution in [2.24, 2.45) is 5.92 Å². The number of amides is 1. The molecular weight excluding hydrogens is 366 g/mol. The van der Waals surface area contributed by atoms with Gasteiger partial charge < -0.3 is 15.4 Å². The van der Waals surface area contributed by atoms with Crippen molar-refractivity contribution in [3.05, 3.63) is 59.2 Å². The van der Waals surface area contributed by atoms with E-state index >= 15 is 0 Å². The lowest BCUT2D eigenvalue weighted by Gasteiger charge is -2.27. The number of rotatable bonds is 7. The summed E-state index contributed by atoms with van der Waals surface area (Å²) in [5, 5.41) is 6.05. The van der Waals surface area contributed by atoms with Gasteiger partial charge in [0.1, 0.15) is 0 Å². The molecule has 6 nitrogen and oxygen atoms in total. The Labute approximate surface area is 172 Å². The predicted octanol–water partition coefficient (Wildman–Crippen LogP) is 3.88. The summed E-state index contributed by atoms with van der Waals surface area (Å²) in [6, 6.07) is 13.5. The molecule has 1 heterocycles. The maximum Gasteiger partial charge on any atom is 0.339 e. The number of fused-ring (bicyclic) bond motifs is 1.